The highest BCUT2D eigenvalue weighted by atomic mass is 79.9. The van der Waals surface area contributed by atoms with Crippen LogP contribution in [0.3, 0.4) is 0 Å². The summed E-state index contributed by atoms with van der Waals surface area (Å²) in [5.41, 5.74) is 0.839. The first-order valence-electron chi connectivity index (χ1n) is 13.0. The standard InChI is InChI=1S/C27H29BrF3N5O6S/c1-15(32-3)12-35(26(39)27(29,30)31)24-16(2)36(23(37)14-43(4,40)41)21-8-6-5-7-20(21)34(25(24)38)13-19-18-10-9-17(28)11-22(18)42-33-19/h5-11,15-16,24,32H,12-14H2,1-4H3/t15-,16-,24-/m0/s1. The smallest absolute Gasteiger partial charge is 0.356 e. The van der Waals surface area contributed by atoms with Crippen molar-refractivity contribution in [3.63, 3.8) is 0 Å². The Kier molecular flexibility index (Phi) is 9.23. The maximum atomic E-state index is 14.5. The number of nitrogens with zero attached hydrogens (tertiary/aromatic N) is 4. The van der Waals surface area contributed by atoms with E-state index in [0.717, 1.165) is 16.1 Å². The SMILES string of the molecule is CN[C@@H](C)CN(C(=O)C(F)(F)F)[C@@H]1C(=O)N(Cc2noc3cc(Br)ccc23)c2ccccc2N(C(=O)CS(C)(=O)=O)[C@H]1C. The number of carbonyl (C=O) groups is 3. The Morgan fingerprint density at radius 1 is 1.19 bits per heavy atom. The molecule has 1 aliphatic heterocycles. The van der Waals surface area contributed by atoms with E-state index in [1.54, 1.807) is 30.3 Å². The number of benzene rings is 2. The zero-order valence-electron chi connectivity index (χ0n) is 23.6. The maximum absolute atomic E-state index is 14.5. The molecule has 16 heteroatoms. The average Bonchev–Trinajstić information content (AvgIpc) is 3.27. The second-order valence-corrected chi connectivity index (χ2v) is 13.4. The van der Waals surface area contributed by atoms with Crippen molar-refractivity contribution in [3.05, 3.63) is 52.6 Å². The van der Waals surface area contributed by atoms with Crippen molar-refractivity contribution in [1.29, 1.82) is 0 Å². The molecule has 0 fully saturated rings. The van der Waals surface area contributed by atoms with E-state index in [0.29, 0.717) is 20.3 Å². The molecule has 1 N–H and O–H groups in total. The summed E-state index contributed by atoms with van der Waals surface area (Å²) >= 11 is 3.34. The third-order valence-electron chi connectivity index (χ3n) is 7.09. The Morgan fingerprint density at radius 3 is 2.44 bits per heavy atom. The second kappa shape index (κ2) is 12.2. The van der Waals surface area contributed by atoms with Gasteiger partial charge in [-0.2, -0.15) is 13.2 Å². The van der Waals surface area contributed by atoms with Crippen molar-refractivity contribution < 1.29 is 40.5 Å². The molecule has 1 aliphatic rings. The summed E-state index contributed by atoms with van der Waals surface area (Å²) in [6, 6.07) is 7.14. The number of alkyl halides is 3. The number of rotatable bonds is 8. The number of hydrogen-bond acceptors (Lipinski definition) is 8. The highest BCUT2D eigenvalue weighted by Crippen LogP contribution is 2.39. The number of halogens is 4. The summed E-state index contributed by atoms with van der Waals surface area (Å²) in [7, 11) is -2.41. The van der Waals surface area contributed by atoms with Gasteiger partial charge in [-0.05, 0) is 51.2 Å². The minimum atomic E-state index is -5.35. The van der Waals surface area contributed by atoms with Crippen molar-refractivity contribution in [2.24, 2.45) is 0 Å². The van der Waals surface area contributed by atoms with Crippen LogP contribution in [-0.2, 0) is 30.8 Å². The monoisotopic (exact) mass is 687 g/mol. The van der Waals surface area contributed by atoms with E-state index in [1.165, 1.54) is 33.0 Å². The molecule has 0 saturated heterocycles. The number of fused-ring (bicyclic) bond motifs is 2. The van der Waals surface area contributed by atoms with Gasteiger partial charge in [-0.3, -0.25) is 14.4 Å². The van der Waals surface area contributed by atoms with E-state index < -0.39 is 64.2 Å². The Labute approximate surface area is 254 Å². The second-order valence-electron chi connectivity index (χ2n) is 10.3. The summed E-state index contributed by atoms with van der Waals surface area (Å²) in [6.45, 7) is 2.00. The molecule has 2 aromatic carbocycles. The fraction of sp³-hybridized carbons (Fsp3) is 0.407. The molecule has 1 aromatic heterocycles. The first kappa shape index (κ1) is 32.4. The van der Waals surface area contributed by atoms with Gasteiger partial charge in [-0.15, -0.1) is 0 Å². The number of para-hydroxylation sites is 2. The van der Waals surface area contributed by atoms with E-state index in [1.807, 2.05) is 0 Å². The first-order valence-corrected chi connectivity index (χ1v) is 15.9. The van der Waals surface area contributed by atoms with Crippen LogP contribution >= 0.6 is 15.9 Å². The van der Waals surface area contributed by atoms with Crippen molar-refractivity contribution in [2.45, 2.75) is 44.7 Å². The van der Waals surface area contributed by atoms with Gasteiger partial charge in [0.1, 0.15) is 17.5 Å². The molecule has 0 bridgehead atoms. The van der Waals surface area contributed by atoms with Crippen LogP contribution in [0, 0.1) is 0 Å². The molecule has 0 unspecified atom stereocenters. The van der Waals surface area contributed by atoms with Crippen LogP contribution in [0.1, 0.15) is 19.5 Å². The number of carbonyl (C=O) groups excluding carboxylic acids is 3. The number of likely N-dealkylation sites (N-methyl/N-ethyl adjacent to an activating group) is 1. The van der Waals surface area contributed by atoms with Crippen LogP contribution in [0.4, 0.5) is 24.5 Å². The van der Waals surface area contributed by atoms with Crippen molar-refractivity contribution in [1.82, 2.24) is 15.4 Å². The quantitative estimate of drug-likeness (QED) is 0.382. The van der Waals surface area contributed by atoms with E-state index in [2.05, 4.69) is 26.4 Å². The molecule has 11 nitrogen and oxygen atoms in total. The third-order valence-corrected chi connectivity index (χ3v) is 8.35. The van der Waals surface area contributed by atoms with Gasteiger partial charge in [0, 0.05) is 28.7 Å². The first-order chi connectivity index (χ1) is 20.0. The topological polar surface area (TPSA) is 133 Å². The number of hydrogen-bond donors (Lipinski definition) is 1. The molecule has 0 spiro atoms. The zero-order valence-corrected chi connectivity index (χ0v) is 26.0. The number of aromatic nitrogens is 1. The lowest BCUT2D eigenvalue weighted by molar-refractivity contribution is -0.189. The number of nitrogens with one attached hydrogen (secondary N) is 1. The van der Waals surface area contributed by atoms with Crippen molar-refractivity contribution >= 4 is 65.8 Å². The normalized spacial score (nSPS) is 18.4. The third kappa shape index (κ3) is 6.86. The van der Waals surface area contributed by atoms with Crippen molar-refractivity contribution in [3.8, 4) is 0 Å². The predicted molar refractivity (Wildman–Crippen MR) is 156 cm³/mol. The highest BCUT2D eigenvalue weighted by Gasteiger charge is 2.52. The Bertz CT molecular complexity index is 1660. The molecule has 43 heavy (non-hydrogen) atoms. The van der Waals surface area contributed by atoms with Crippen LogP contribution in [0.5, 0.6) is 0 Å². The maximum Gasteiger partial charge on any atom is 0.471 e. The largest absolute Gasteiger partial charge is 0.471 e. The minimum Gasteiger partial charge on any atom is -0.356 e. The molecular formula is C27H29BrF3N5O6S. The van der Waals surface area contributed by atoms with Gasteiger partial charge in [-0.25, -0.2) is 8.42 Å². The molecule has 0 aliphatic carbocycles. The van der Waals surface area contributed by atoms with Crippen LogP contribution in [0.2, 0.25) is 0 Å². The van der Waals surface area contributed by atoms with Gasteiger partial charge in [0.05, 0.1) is 24.0 Å². The predicted octanol–water partition coefficient (Wildman–Crippen LogP) is 3.27. The molecule has 4 rings (SSSR count). The fourth-order valence-corrected chi connectivity index (χ4v) is 5.98. The number of sulfone groups is 1. The van der Waals surface area contributed by atoms with Gasteiger partial charge >= 0.3 is 12.1 Å². The summed E-state index contributed by atoms with van der Waals surface area (Å²) < 4.78 is 72.4. The van der Waals surface area contributed by atoms with Gasteiger partial charge in [0.25, 0.3) is 5.91 Å². The van der Waals surface area contributed by atoms with E-state index >= 15 is 0 Å². The Balaban J connectivity index is 1.95. The van der Waals surface area contributed by atoms with Crippen LogP contribution in [-0.4, -0.2) is 86.1 Å². The molecule has 232 valence electrons. The zero-order chi connectivity index (χ0) is 31.9. The van der Waals surface area contributed by atoms with Crippen LogP contribution in [0.25, 0.3) is 11.0 Å². The van der Waals surface area contributed by atoms with E-state index in [9.17, 15) is 36.0 Å². The van der Waals surface area contributed by atoms with Gasteiger partial charge in [0.2, 0.25) is 5.91 Å². The lowest BCUT2D eigenvalue weighted by Gasteiger charge is -2.39. The van der Waals surface area contributed by atoms with Gasteiger partial charge < -0.3 is 24.5 Å². The molecule has 3 atom stereocenters. The molecule has 2 heterocycles. The lowest BCUT2D eigenvalue weighted by Crippen LogP contribution is -2.63. The van der Waals surface area contributed by atoms with E-state index in [4.69, 9.17) is 4.52 Å². The summed E-state index contributed by atoms with van der Waals surface area (Å²) in [5.74, 6) is -5.16. The highest BCUT2D eigenvalue weighted by molar-refractivity contribution is 9.10. The number of anilines is 2. The molecule has 3 aromatic rings. The molecular weight excluding hydrogens is 659 g/mol. The van der Waals surface area contributed by atoms with Crippen LogP contribution in [0.15, 0.2) is 51.5 Å². The minimum absolute atomic E-state index is 0.0797. The summed E-state index contributed by atoms with van der Waals surface area (Å²) in [6.07, 6.45) is -4.51. The van der Waals surface area contributed by atoms with Crippen molar-refractivity contribution in [2.75, 3.05) is 35.4 Å². The van der Waals surface area contributed by atoms with Gasteiger partial charge in [-0.1, -0.05) is 33.2 Å². The lowest BCUT2D eigenvalue weighted by atomic mass is 10.0. The van der Waals surface area contributed by atoms with E-state index in [-0.39, 0.29) is 23.6 Å². The van der Waals surface area contributed by atoms with Gasteiger partial charge in [0.15, 0.2) is 15.4 Å². The molecule has 3 amide bonds. The van der Waals surface area contributed by atoms with Crippen LogP contribution < -0.4 is 15.1 Å². The average molecular weight is 689 g/mol. The summed E-state index contributed by atoms with van der Waals surface area (Å²) in [5, 5.41) is 7.37. The fourth-order valence-electron chi connectivity index (χ4n) is 5.05. The molecule has 0 radical (unpaired) electrons. The Morgan fingerprint density at radius 2 is 1.84 bits per heavy atom. The summed E-state index contributed by atoms with van der Waals surface area (Å²) in [4.78, 5) is 43.4. The number of amides is 3. The molecule has 0 saturated carbocycles. The Hall–Kier alpha value is -3.50.